The van der Waals surface area contributed by atoms with Crippen molar-refractivity contribution >= 4 is 5.69 Å². The third-order valence-electron chi connectivity index (χ3n) is 2.95. The van der Waals surface area contributed by atoms with Gasteiger partial charge in [0, 0.05) is 12.6 Å². The van der Waals surface area contributed by atoms with Gasteiger partial charge in [0.15, 0.2) is 5.82 Å². The van der Waals surface area contributed by atoms with E-state index in [1.165, 1.54) is 0 Å². The quantitative estimate of drug-likeness (QED) is 0.672. The summed E-state index contributed by atoms with van der Waals surface area (Å²) >= 11 is 0. The number of benzene rings is 1. The van der Waals surface area contributed by atoms with Crippen LogP contribution in [-0.4, -0.2) is 19.7 Å². The molecule has 21 heavy (non-hydrogen) atoms. The third kappa shape index (κ3) is 3.05. The minimum absolute atomic E-state index is 0.104. The molecule has 0 fully saturated rings. The summed E-state index contributed by atoms with van der Waals surface area (Å²) in [5.41, 5.74) is 5.51. The van der Waals surface area contributed by atoms with Crippen molar-refractivity contribution in [2.45, 2.75) is 26.9 Å². The van der Waals surface area contributed by atoms with Gasteiger partial charge in [-0.3, -0.25) is 10.1 Å². The molecule has 0 aliphatic rings. The molecule has 0 saturated carbocycles. The molecule has 0 amide bonds. The van der Waals surface area contributed by atoms with Crippen molar-refractivity contribution < 1.29 is 9.31 Å². The smallest absolute Gasteiger partial charge is 0.280 e. The topological polar surface area (TPSA) is 99.9 Å². The molecule has 0 saturated heterocycles. The fraction of sp³-hybridized carbons (Fsp3) is 0.385. The molecule has 2 aromatic rings. The Kier molecular flexibility index (Phi) is 4.27. The zero-order valence-corrected chi connectivity index (χ0v) is 11.8. The van der Waals surface area contributed by atoms with E-state index in [0.717, 1.165) is 18.2 Å². The van der Waals surface area contributed by atoms with E-state index < -0.39 is 10.7 Å². The second kappa shape index (κ2) is 5.96. The number of hydrogen-bond donors (Lipinski definition) is 1. The van der Waals surface area contributed by atoms with Crippen LogP contribution >= 0.6 is 0 Å². The molecule has 0 aliphatic carbocycles. The van der Waals surface area contributed by atoms with Gasteiger partial charge in [0.25, 0.3) is 5.69 Å². The van der Waals surface area contributed by atoms with Gasteiger partial charge in [0.05, 0.1) is 17.0 Å². The van der Waals surface area contributed by atoms with E-state index in [1.807, 2.05) is 13.8 Å². The summed E-state index contributed by atoms with van der Waals surface area (Å²) in [7, 11) is 0. The monoisotopic (exact) mass is 293 g/mol. The molecule has 0 bridgehead atoms. The van der Waals surface area contributed by atoms with Crippen LogP contribution in [0.25, 0.3) is 11.4 Å². The van der Waals surface area contributed by atoms with Gasteiger partial charge in [-0.2, -0.15) is 0 Å². The lowest BCUT2D eigenvalue weighted by Gasteiger charge is -2.12. The number of nitrogens with two attached hydrogens (primary N) is 1. The number of aromatic nitrogens is 3. The van der Waals surface area contributed by atoms with E-state index in [2.05, 4.69) is 10.2 Å². The summed E-state index contributed by atoms with van der Waals surface area (Å²) in [5, 5.41) is 19.0. The van der Waals surface area contributed by atoms with Gasteiger partial charge in [-0.15, -0.1) is 10.2 Å². The normalized spacial score (nSPS) is 11.1. The van der Waals surface area contributed by atoms with Crippen LogP contribution in [0, 0.1) is 21.8 Å². The highest BCUT2D eigenvalue weighted by Gasteiger charge is 2.23. The largest absolute Gasteiger partial charge is 0.324 e. The van der Waals surface area contributed by atoms with Gasteiger partial charge in [0.2, 0.25) is 0 Å². The Morgan fingerprint density at radius 1 is 1.43 bits per heavy atom. The zero-order chi connectivity index (χ0) is 15.6. The van der Waals surface area contributed by atoms with Crippen LogP contribution in [0.3, 0.4) is 0 Å². The highest BCUT2D eigenvalue weighted by molar-refractivity contribution is 5.68. The van der Waals surface area contributed by atoms with Crippen LogP contribution in [0.4, 0.5) is 10.1 Å². The fourth-order valence-corrected chi connectivity index (χ4v) is 2.09. The van der Waals surface area contributed by atoms with Gasteiger partial charge in [-0.1, -0.05) is 13.8 Å². The van der Waals surface area contributed by atoms with Gasteiger partial charge in [0.1, 0.15) is 11.6 Å². The van der Waals surface area contributed by atoms with Crippen LogP contribution in [0.1, 0.15) is 19.7 Å². The average Bonchev–Trinajstić information content (AvgIpc) is 2.80. The lowest BCUT2D eigenvalue weighted by molar-refractivity contribution is -0.384. The lowest BCUT2D eigenvalue weighted by atomic mass is 10.1. The van der Waals surface area contributed by atoms with Crippen LogP contribution in [-0.2, 0) is 13.1 Å². The van der Waals surface area contributed by atoms with E-state index in [-0.39, 0.29) is 29.5 Å². The summed E-state index contributed by atoms with van der Waals surface area (Å²) in [6, 6.07) is 3.27. The van der Waals surface area contributed by atoms with Crippen LogP contribution in [0.5, 0.6) is 0 Å². The molecule has 1 aromatic carbocycles. The minimum atomic E-state index is -0.566. The number of nitro benzene ring substituents is 1. The minimum Gasteiger partial charge on any atom is -0.324 e. The van der Waals surface area contributed by atoms with Crippen molar-refractivity contribution in [3.05, 3.63) is 40.0 Å². The first-order valence-electron chi connectivity index (χ1n) is 6.50. The number of halogens is 1. The molecule has 0 aliphatic heterocycles. The van der Waals surface area contributed by atoms with Gasteiger partial charge >= 0.3 is 0 Å². The van der Waals surface area contributed by atoms with E-state index in [0.29, 0.717) is 12.4 Å². The van der Waals surface area contributed by atoms with Crippen molar-refractivity contribution in [1.29, 1.82) is 0 Å². The molecule has 7 nitrogen and oxygen atoms in total. The maximum atomic E-state index is 13.5. The number of rotatable bonds is 5. The SMILES string of the molecule is CC(C)Cn1c(CN)nnc1-c1cc(F)ccc1[N+](=O)[O-]. The Morgan fingerprint density at radius 2 is 2.14 bits per heavy atom. The lowest BCUT2D eigenvalue weighted by Crippen LogP contribution is -2.13. The highest BCUT2D eigenvalue weighted by Crippen LogP contribution is 2.30. The standard InChI is InChI=1S/C13H16FN5O2/c1-8(2)7-18-12(6-15)16-17-13(18)10-5-9(14)3-4-11(10)19(20)21/h3-5,8H,6-7,15H2,1-2H3. The van der Waals surface area contributed by atoms with Crippen molar-refractivity contribution in [1.82, 2.24) is 14.8 Å². The second-order valence-corrected chi connectivity index (χ2v) is 5.07. The van der Waals surface area contributed by atoms with Crippen molar-refractivity contribution in [2.75, 3.05) is 0 Å². The zero-order valence-electron chi connectivity index (χ0n) is 11.8. The Labute approximate surface area is 120 Å². The third-order valence-corrected chi connectivity index (χ3v) is 2.95. The summed E-state index contributed by atoms with van der Waals surface area (Å²) in [6.45, 7) is 4.68. The summed E-state index contributed by atoms with van der Waals surface area (Å²) in [4.78, 5) is 10.6. The Morgan fingerprint density at radius 3 is 2.71 bits per heavy atom. The molecule has 0 radical (unpaired) electrons. The molecule has 1 aromatic heterocycles. The molecule has 112 valence electrons. The first-order chi connectivity index (χ1) is 9.93. The average molecular weight is 293 g/mol. The molecule has 2 rings (SSSR count). The highest BCUT2D eigenvalue weighted by atomic mass is 19.1. The molecular formula is C13H16FN5O2. The molecule has 2 N–H and O–H groups in total. The summed E-state index contributed by atoms with van der Waals surface area (Å²) in [5.74, 6) is 0.467. The number of nitro groups is 1. The van der Waals surface area contributed by atoms with Gasteiger partial charge < -0.3 is 10.3 Å². The predicted molar refractivity (Wildman–Crippen MR) is 74.8 cm³/mol. The maximum Gasteiger partial charge on any atom is 0.280 e. The number of hydrogen-bond acceptors (Lipinski definition) is 5. The van der Waals surface area contributed by atoms with Crippen LogP contribution in [0.2, 0.25) is 0 Å². The summed E-state index contributed by atoms with van der Waals surface area (Å²) in [6.07, 6.45) is 0. The molecule has 0 atom stereocenters. The van der Waals surface area contributed by atoms with E-state index in [4.69, 9.17) is 5.73 Å². The first kappa shape index (κ1) is 15.0. The molecule has 1 heterocycles. The van der Waals surface area contributed by atoms with Crippen LogP contribution < -0.4 is 5.73 Å². The van der Waals surface area contributed by atoms with E-state index in [1.54, 1.807) is 4.57 Å². The Bertz CT molecular complexity index is 669. The van der Waals surface area contributed by atoms with Gasteiger partial charge in [-0.25, -0.2) is 4.39 Å². The Balaban J connectivity index is 2.64. The molecule has 8 heteroatoms. The summed E-state index contributed by atoms with van der Waals surface area (Å²) < 4.78 is 15.2. The molecule has 0 unspecified atom stereocenters. The van der Waals surface area contributed by atoms with Gasteiger partial charge in [-0.05, 0) is 18.1 Å². The van der Waals surface area contributed by atoms with Crippen LogP contribution in [0.15, 0.2) is 18.2 Å². The van der Waals surface area contributed by atoms with Crippen molar-refractivity contribution in [3.63, 3.8) is 0 Å². The van der Waals surface area contributed by atoms with Crippen molar-refractivity contribution in [3.8, 4) is 11.4 Å². The molecule has 0 spiro atoms. The number of nitrogens with zero attached hydrogens (tertiary/aromatic N) is 4. The van der Waals surface area contributed by atoms with E-state index in [9.17, 15) is 14.5 Å². The fourth-order valence-electron chi connectivity index (χ4n) is 2.09. The maximum absolute atomic E-state index is 13.5. The second-order valence-electron chi connectivity index (χ2n) is 5.07. The first-order valence-corrected chi connectivity index (χ1v) is 6.50. The predicted octanol–water partition coefficient (Wildman–Crippen LogP) is 2.11. The van der Waals surface area contributed by atoms with Crippen molar-refractivity contribution in [2.24, 2.45) is 11.7 Å². The van der Waals surface area contributed by atoms with E-state index >= 15 is 0 Å². The molecular weight excluding hydrogens is 277 g/mol. The Hall–Kier alpha value is -2.35.